The quantitative estimate of drug-likeness (QED) is 0.749. The Bertz CT molecular complexity index is 215. The van der Waals surface area contributed by atoms with E-state index >= 15 is 0 Å². The topological polar surface area (TPSA) is 32.5 Å². The fraction of sp³-hybridized carbons (Fsp3) is 1.00. The Kier molecular flexibility index (Phi) is 3.06. The molecule has 2 atom stereocenters. The van der Waals surface area contributed by atoms with Gasteiger partial charge in [-0.3, -0.25) is 4.90 Å². The molecule has 15 heavy (non-hydrogen) atoms. The third kappa shape index (κ3) is 1.93. The van der Waals surface area contributed by atoms with E-state index in [4.69, 9.17) is 5.73 Å². The van der Waals surface area contributed by atoms with Crippen LogP contribution in [0.5, 0.6) is 0 Å². The van der Waals surface area contributed by atoms with Gasteiger partial charge in [-0.1, -0.05) is 6.92 Å². The van der Waals surface area contributed by atoms with Gasteiger partial charge in [0.2, 0.25) is 0 Å². The molecular formula is C12H25N3. The van der Waals surface area contributed by atoms with Crippen molar-refractivity contribution in [3.63, 3.8) is 0 Å². The van der Waals surface area contributed by atoms with Crippen LogP contribution in [0, 0.1) is 0 Å². The van der Waals surface area contributed by atoms with Crippen molar-refractivity contribution in [2.45, 2.75) is 50.7 Å². The Morgan fingerprint density at radius 2 is 2.13 bits per heavy atom. The second kappa shape index (κ2) is 4.04. The number of likely N-dealkylation sites (tertiary alicyclic amines) is 1. The van der Waals surface area contributed by atoms with E-state index in [0.717, 1.165) is 25.7 Å². The maximum atomic E-state index is 6.07. The van der Waals surface area contributed by atoms with Crippen molar-refractivity contribution in [1.29, 1.82) is 0 Å². The Balaban J connectivity index is 2.13. The predicted octanol–water partition coefficient (Wildman–Crippen LogP) is 0.892. The molecular weight excluding hydrogens is 186 g/mol. The van der Waals surface area contributed by atoms with Gasteiger partial charge in [-0.15, -0.1) is 0 Å². The van der Waals surface area contributed by atoms with Crippen LogP contribution in [0.2, 0.25) is 0 Å². The number of rotatable bonds is 4. The monoisotopic (exact) mass is 211 g/mol. The summed E-state index contributed by atoms with van der Waals surface area (Å²) in [4.78, 5) is 5.13. The molecule has 1 aliphatic carbocycles. The van der Waals surface area contributed by atoms with Crippen molar-refractivity contribution in [3.8, 4) is 0 Å². The average Bonchev–Trinajstić information content (AvgIpc) is 2.98. The SMILES string of the molecule is CCN(C1CC1)C1(CN)CC(C)N(C)C1. The maximum Gasteiger partial charge on any atom is 0.0475 e. The molecule has 1 aliphatic heterocycles. The number of hydrogen-bond donors (Lipinski definition) is 1. The summed E-state index contributed by atoms with van der Waals surface area (Å²) in [6.45, 7) is 7.71. The summed E-state index contributed by atoms with van der Waals surface area (Å²) in [5, 5.41) is 0. The van der Waals surface area contributed by atoms with Gasteiger partial charge in [-0.2, -0.15) is 0 Å². The van der Waals surface area contributed by atoms with Gasteiger partial charge in [0.15, 0.2) is 0 Å². The lowest BCUT2D eigenvalue weighted by atomic mass is 9.93. The van der Waals surface area contributed by atoms with E-state index in [-0.39, 0.29) is 5.54 Å². The summed E-state index contributed by atoms with van der Waals surface area (Å²) in [6.07, 6.45) is 4.01. The number of nitrogens with two attached hydrogens (primary N) is 1. The van der Waals surface area contributed by atoms with Crippen LogP contribution in [-0.4, -0.2) is 54.1 Å². The summed E-state index contributed by atoms with van der Waals surface area (Å²) in [7, 11) is 2.23. The van der Waals surface area contributed by atoms with E-state index < -0.39 is 0 Å². The zero-order chi connectivity index (χ0) is 11.1. The second-order valence-electron chi connectivity index (χ2n) is 5.41. The molecule has 0 aromatic heterocycles. The molecule has 2 N–H and O–H groups in total. The zero-order valence-corrected chi connectivity index (χ0v) is 10.4. The van der Waals surface area contributed by atoms with Crippen LogP contribution in [0.4, 0.5) is 0 Å². The van der Waals surface area contributed by atoms with Gasteiger partial charge in [0.25, 0.3) is 0 Å². The molecule has 0 radical (unpaired) electrons. The lowest BCUT2D eigenvalue weighted by molar-refractivity contribution is 0.0989. The van der Waals surface area contributed by atoms with Crippen LogP contribution < -0.4 is 5.73 Å². The van der Waals surface area contributed by atoms with Crippen molar-refractivity contribution in [2.24, 2.45) is 5.73 Å². The van der Waals surface area contributed by atoms with E-state index in [1.54, 1.807) is 0 Å². The summed E-state index contributed by atoms with van der Waals surface area (Å²) in [6, 6.07) is 1.51. The lowest BCUT2D eigenvalue weighted by Gasteiger charge is -2.40. The van der Waals surface area contributed by atoms with Crippen molar-refractivity contribution in [3.05, 3.63) is 0 Å². The molecule has 1 saturated carbocycles. The molecule has 2 aliphatic rings. The molecule has 3 nitrogen and oxygen atoms in total. The highest BCUT2D eigenvalue weighted by atomic mass is 15.3. The largest absolute Gasteiger partial charge is 0.329 e. The van der Waals surface area contributed by atoms with Crippen LogP contribution in [-0.2, 0) is 0 Å². The third-order valence-corrected chi connectivity index (χ3v) is 4.29. The van der Waals surface area contributed by atoms with Crippen molar-refractivity contribution in [2.75, 3.05) is 26.7 Å². The van der Waals surface area contributed by atoms with Crippen molar-refractivity contribution >= 4 is 0 Å². The average molecular weight is 211 g/mol. The summed E-state index contributed by atoms with van der Waals surface area (Å²) >= 11 is 0. The minimum atomic E-state index is 0.268. The van der Waals surface area contributed by atoms with Gasteiger partial charge in [0.05, 0.1) is 0 Å². The minimum absolute atomic E-state index is 0.268. The lowest BCUT2D eigenvalue weighted by Crippen LogP contribution is -2.56. The van der Waals surface area contributed by atoms with Gasteiger partial charge >= 0.3 is 0 Å². The van der Waals surface area contributed by atoms with E-state index in [1.165, 1.54) is 19.3 Å². The van der Waals surface area contributed by atoms with E-state index in [0.29, 0.717) is 6.04 Å². The number of nitrogens with zero attached hydrogens (tertiary/aromatic N) is 2. The smallest absolute Gasteiger partial charge is 0.0475 e. The predicted molar refractivity (Wildman–Crippen MR) is 63.9 cm³/mol. The highest BCUT2D eigenvalue weighted by Crippen LogP contribution is 2.38. The van der Waals surface area contributed by atoms with Gasteiger partial charge in [-0.05, 0) is 39.8 Å². The highest BCUT2D eigenvalue weighted by molar-refractivity contribution is 5.06. The first-order valence-corrected chi connectivity index (χ1v) is 6.30. The normalized spacial score (nSPS) is 37.8. The van der Waals surface area contributed by atoms with E-state index in [9.17, 15) is 0 Å². The first-order valence-electron chi connectivity index (χ1n) is 6.30. The number of likely N-dealkylation sites (N-methyl/N-ethyl adjacent to an activating group) is 2. The van der Waals surface area contributed by atoms with Crippen molar-refractivity contribution in [1.82, 2.24) is 9.80 Å². The summed E-state index contributed by atoms with van der Waals surface area (Å²) in [5.41, 5.74) is 6.33. The van der Waals surface area contributed by atoms with Crippen LogP contribution in [0.1, 0.15) is 33.1 Å². The fourth-order valence-electron chi connectivity index (χ4n) is 3.23. The molecule has 0 bridgehead atoms. The van der Waals surface area contributed by atoms with Crippen molar-refractivity contribution < 1.29 is 0 Å². The van der Waals surface area contributed by atoms with Gasteiger partial charge < -0.3 is 10.6 Å². The molecule has 0 spiro atoms. The van der Waals surface area contributed by atoms with Gasteiger partial charge in [0, 0.05) is 30.7 Å². The molecule has 88 valence electrons. The number of hydrogen-bond acceptors (Lipinski definition) is 3. The standard InChI is InChI=1S/C12H25N3/c1-4-15(11-5-6-11)12(8-13)7-10(2)14(3)9-12/h10-11H,4-9,13H2,1-3H3. The molecule has 2 rings (SSSR count). The fourth-order valence-corrected chi connectivity index (χ4v) is 3.23. The molecule has 2 fully saturated rings. The second-order valence-corrected chi connectivity index (χ2v) is 5.41. The van der Waals surface area contributed by atoms with E-state index in [1.807, 2.05) is 0 Å². The minimum Gasteiger partial charge on any atom is -0.329 e. The molecule has 1 saturated heterocycles. The van der Waals surface area contributed by atoms with Crippen LogP contribution in [0.3, 0.4) is 0 Å². The molecule has 1 heterocycles. The molecule has 0 aromatic rings. The molecule has 3 heteroatoms. The Morgan fingerprint density at radius 1 is 1.47 bits per heavy atom. The maximum absolute atomic E-state index is 6.07. The van der Waals surface area contributed by atoms with E-state index in [2.05, 4.69) is 30.7 Å². The molecule has 0 aromatic carbocycles. The van der Waals surface area contributed by atoms with Gasteiger partial charge in [-0.25, -0.2) is 0 Å². The Labute approximate surface area is 93.6 Å². The highest BCUT2D eigenvalue weighted by Gasteiger charge is 2.48. The van der Waals surface area contributed by atoms with Crippen LogP contribution in [0.15, 0.2) is 0 Å². The van der Waals surface area contributed by atoms with Gasteiger partial charge in [0.1, 0.15) is 0 Å². The van der Waals surface area contributed by atoms with Crippen LogP contribution in [0.25, 0.3) is 0 Å². The third-order valence-electron chi connectivity index (χ3n) is 4.29. The first kappa shape index (κ1) is 11.4. The summed E-state index contributed by atoms with van der Waals surface area (Å²) < 4.78 is 0. The molecule has 0 amide bonds. The van der Waals surface area contributed by atoms with Crippen LogP contribution >= 0.6 is 0 Å². The Hall–Kier alpha value is -0.120. The summed E-state index contributed by atoms with van der Waals surface area (Å²) in [5.74, 6) is 0. The zero-order valence-electron chi connectivity index (χ0n) is 10.4. The Morgan fingerprint density at radius 3 is 2.47 bits per heavy atom. The molecule has 2 unspecified atom stereocenters. The first-order chi connectivity index (χ1) is 7.13.